The van der Waals surface area contributed by atoms with Crippen molar-refractivity contribution >= 4 is 39.9 Å². The molecule has 1 aromatic carbocycles. The standard InChI is InChI=1S/C30H45N5O4S.ClH/c1-4-22-16-18-35(19-17-22)30(37)26(14-9-13-25-21(3)31-20-32-25)34-40(38,39)27-15-8-12-24(23-10-6-7-11-23)29(27)33-28(36)5-2;/h8,12,15,20,22-23,26,34H,4-7,9-11,13-14,16-19H2,1-3H3,(H,31,32)(H,33,36);1H/t26-;/m0./s1. The highest BCUT2D eigenvalue weighted by Gasteiger charge is 2.33. The third-order valence-corrected chi connectivity index (χ3v) is 10.2. The van der Waals surface area contributed by atoms with Crippen molar-refractivity contribution in [2.45, 2.75) is 108 Å². The Morgan fingerprint density at radius 1 is 1.12 bits per heavy atom. The average Bonchev–Trinajstić information content (AvgIpc) is 3.64. The number of aromatic nitrogens is 2. The lowest BCUT2D eigenvalue weighted by atomic mass is 9.94. The van der Waals surface area contributed by atoms with Gasteiger partial charge in [0, 0.05) is 25.2 Å². The lowest BCUT2D eigenvalue weighted by Gasteiger charge is -2.34. The average molecular weight is 608 g/mol. The highest BCUT2D eigenvalue weighted by molar-refractivity contribution is 7.89. The number of aryl methyl sites for hydroxylation is 2. The Kier molecular flexibility index (Phi) is 12.2. The minimum atomic E-state index is -4.12. The van der Waals surface area contributed by atoms with E-state index in [9.17, 15) is 18.0 Å². The molecule has 11 heteroatoms. The Labute approximate surface area is 251 Å². The van der Waals surface area contributed by atoms with Crippen molar-refractivity contribution in [1.82, 2.24) is 19.6 Å². The number of likely N-dealkylation sites (tertiary alicyclic amines) is 1. The van der Waals surface area contributed by atoms with Crippen LogP contribution >= 0.6 is 12.4 Å². The van der Waals surface area contributed by atoms with Crippen molar-refractivity contribution in [2.24, 2.45) is 5.92 Å². The van der Waals surface area contributed by atoms with Crippen molar-refractivity contribution in [3.63, 3.8) is 0 Å². The molecule has 3 N–H and O–H groups in total. The van der Waals surface area contributed by atoms with E-state index in [4.69, 9.17) is 0 Å². The zero-order valence-corrected chi connectivity index (χ0v) is 26.2. The fraction of sp³-hybridized carbons (Fsp3) is 0.633. The summed E-state index contributed by atoms with van der Waals surface area (Å²) in [6.45, 7) is 7.16. The van der Waals surface area contributed by atoms with E-state index in [0.29, 0.717) is 44.0 Å². The number of rotatable bonds is 12. The molecular weight excluding hydrogens is 562 g/mol. The Bertz CT molecular complexity index is 1270. The van der Waals surface area contributed by atoms with E-state index in [-0.39, 0.29) is 41.5 Å². The van der Waals surface area contributed by atoms with Crippen molar-refractivity contribution < 1.29 is 18.0 Å². The number of imidazole rings is 1. The van der Waals surface area contributed by atoms with Gasteiger partial charge in [0.05, 0.1) is 17.7 Å². The first kappa shape index (κ1) is 33.1. The molecule has 0 unspecified atom stereocenters. The lowest BCUT2D eigenvalue weighted by Crippen LogP contribution is -2.50. The number of aromatic amines is 1. The molecule has 1 aromatic heterocycles. The van der Waals surface area contributed by atoms with Crippen LogP contribution in [0.5, 0.6) is 0 Å². The van der Waals surface area contributed by atoms with Crippen LogP contribution < -0.4 is 10.0 Å². The Balaban J connectivity index is 0.00000462. The van der Waals surface area contributed by atoms with Crippen LogP contribution in [-0.4, -0.2) is 54.2 Å². The predicted octanol–water partition coefficient (Wildman–Crippen LogP) is 5.46. The van der Waals surface area contributed by atoms with Crippen molar-refractivity contribution in [1.29, 1.82) is 0 Å². The number of carbonyl (C=O) groups is 2. The number of anilines is 1. The number of halogens is 1. The second-order valence-corrected chi connectivity index (χ2v) is 13.0. The normalized spacial score (nSPS) is 17.3. The van der Waals surface area contributed by atoms with Gasteiger partial charge in [0.15, 0.2) is 0 Å². The zero-order chi connectivity index (χ0) is 28.7. The van der Waals surface area contributed by atoms with E-state index in [0.717, 1.165) is 61.9 Å². The fourth-order valence-corrected chi connectivity index (χ4v) is 7.50. The van der Waals surface area contributed by atoms with E-state index in [1.807, 2.05) is 17.9 Å². The summed E-state index contributed by atoms with van der Waals surface area (Å²) >= 11 is 0. The first-order valence-electron chi connectivity index (χ1n) is 15.0. The van der Waals surface area contributed by atoms with Gasteiger partial charge in [0.25, 0.3) is 0 Å². The topological polar surface area (TPSA) is 124 Å². The van der Waals surface area contributed by atoms with Gasteiger partial charge in [-0.05, 0) is 75.3 Å². The van der Waals surface area contributed by atoms with Crippen LogP contribution in [0.2, 0.25) is 0 Å². The smallest absolute Gasteiger partial charge is 0.243 e. The lowest BCUT2D eigenvalue weighted by molar-refractivity contribution is -0.134. The summed E-state index contributed by atoms with van der Waals surface area (Å²) in [5.41, 5.74) is 3.12. The third-order valence-electron chi connectivity index (χ3n) is 8.67. The maximum atomic E-state index is 14.0. The van der Waals surface area contributed by atoms with Gasteiger partial charge in [-0.15, -0.1) is 12.4 Å². The van der Waals surface area contributed by atoms with E-state index in [1.54, 1.807) is 19.3 Å². The van der Waals surface area contributed by atoms with Gasteiger partial charge in [-0.3, -0.25) is 9.59 Å². The Morgan fingerprint density at radius 2 is 1.83 bits per heavy atom. The first-order valence-corrected chi connectivity index (χ1v) is 16.4. The molecule has 9 nitrogen and oxygen atoms in total. The number of piperidine rings is 1. The van der Waals surface area contributed by atoms with Crippen molar-refractivity contribution in [3.8, 4) is 0 Å². The summed E-state index contributed by atoms with van der Waals surface area (Å²) in [6.07, 6.45) is 10.6. The van der Waals surface area contributed by atoms with Crippen molar-refractivity contribution in [2.75, 3.05) is 18.4 Å². The quantitative estimate of drug-likeness (QED) is 0.295. The molecular formula is C30H46ClN5O4S. The van der Waals surface area contributed by atoms with E-state index in [1.165, 1.54) is 6.07 Å². The predicted molar refractivity (Wildman–Crippen MR) is 164 cm³/mol. The summed E-state index contributed by atoms with van der Waals surface area (Å²) < 4.78 is 30.7. The Morgan fingerprint density at radius 3 is 2.44 bits per heavy atom. The molecule has 2 amide bonds. The van der Waals surface area contributed by atoms with Crippen LogP contribution in [0.15, 0.2) is 29.4 Å². The molecule has 1 aliphatic heterocycles. The molecule has 1 atom stereocenters. The van der Waals surface area contributed by atoms with Crippen LogP contribution in [0.4, 0.5) is 5.69 Å². The summed E-state index contributed by atoms with van der Waals surface area (Å²) in [5.74, 6) is 0.396. The molecule has 2 aliphatic rings. The second kappa shape index (κ2) is 15.2. The third kappa shape index (κ3) is 8.32. The van der Waals surface area contributed by atoms with Gasteiger partial charge < -0.3 is 15.2 Å². The molecule has 4 rings (SSSR count). The van der Waals surface area contributed by atoms with Crippen LogP contribution in [0.25, 0.3) is 0 Å². The number of nitrogens with one attached hydrogen (secondary N) is 3. The minimum absolute atomic E-state index is 0. The number of sulfonamides is 1. The molecule has 228 valence electrons. The van der Waals surface area contributed by atoms with E-state index >= 15 is 0 Å². The van der Waals surface area contributed by atoms with Gasteiger partial charge in [-0.25, -0.2) is 13.4 Å². The summed E-state index contributed by atoms with van der Waals surface area (Å²) in [6, 6.07) is 4.31. The Hall–Kier alpha value is -2.43. The van der Waals surface area contributed by atoms with Gasteiger partial charge >= 0.3 is 0 Å². The van der Waals surface area contributed by atoms with E-state index < -0.39 is 16.1 Å². The van der Waals surface area contributed by atoms with Crippen LogP contribution in [0, 0.1) is 12.8 Å². The first-order chi connectivity index (χ1) is 19.2. The summed E-state index contributed by atoms with van der Waals surface area (Å²) in [4.78, 5) is 35.5. The monoisotopic (exact) mass is 607 g/mol. The van der Waals surface area contributed by atoms with Gasteiger partial charge in [0.2, 0.25) is 21.8 Å². The number of nitrogens with zero attached hydrogens (tertiary/aromatic N) is 2. The number of benzene rings is 1. The maximum Gasteiger partial charge on any atom is 0.243 e. The minimum Gasteiger partial charge on any atom is -0.348 e. The highest BCUT2D eigenvalue weighted by atomic mass is 35.5. The molecule has 0 bridgehead atoms. The molecule has 0 radical (unpaired) electrons. The van der Waals surface area contributed by atoms with Crippen LogP contribution in [0.1, 0.15) is 101 Å². The molecule has 2 aromatic rings. The molecule has 41 heavy (non-hydrogen) atoms. The van der Waals surface area contributed by atoms with Gasteiger partial charge in [0.1, 0.15) is 10.9 Å². The van der Waals surface area contributed by atoms with E-state index in [2.05, 4.69) is 26.9 Å². The number of H-pyrrole nitrogens is 1. The highest BCUT2D eigenvalue weighted by Crippen LogP contribution is 2.40. The summed E-state index contributed by atoms with van der Waals surface area (Å²) in [7, 11) is -4.12. The van der Waals surface area contributed by atoms with Crippen molar-refractivity contribution in [3.05, 3.63) is 41.5 Å². The molecule has 1 aliphatic carbocycles. The van der Waals surface area contributed by atoms with Gasteiger partial charge in [-0.1, -0.05) is 45.2 Å². The van der Waals surface area contributed by atoms with Crippen LogP contribution in [-0.2, 0) is 26.0 Å². The molecule has 2 heterocycles. The van der Waals surface area contributed by atoms with Crippen LogP contribution in [0.3, 0.4) is 0 Å². The number of carbonyl (C=O) groups excluding carboxylic acids is 2. The molecule has 2 fully saturated rings. The maximum absolute atomic E-state index is 14.0. The number of hydrogen-bond acceptors (Lipinski definition) is 5. The zero-order valence-electron chi connectivity index (χ0n) is 24.6. The largest absolute Gasteiger partial charge is 0.348 e. The second-order valence-electron chi connectivity index (χ2n) is 11.3. The molecule has 1 saturated carbocycles. The molecule has 1 saturated heterocycles. The fourth-order valence-electron chi connectivity index (χ4n) is 6.09. The van der Waals surface area contributed by atoms with Gasteiger partial charge in [-0.2, -0.15) is 4.72 Å². The number of hydrogen-bond donors (Lipinski definition) is 3. The SMILES string of the molecule is CCC(=O)Nc1c(C2CCCC2)cccc1S(=O)(=O)N[C@@H](CCCc1nc[nH]c1C)C(=O)N1CCC(CC)CC1.Cl. The number of para-hydroxylation sites is 1. The summed E-state index contributed by atoms with van der Waals surface area (Å²) in [5, 5.41) is 2.89. The molecule has 0 spiro atoms. The number of amides is 2.